The van der Waals surface area contributed by atoms with E-state index in [2.05, 4.69) is 10.3 Å². The summed E-state index contributed by atoms with van der Waals surface area (Å²) >= 11 is 0. The van der Waals surface area contributed by atoms with Gasteiger partial charge in [0.2, 0.25) is 5.95 Å². The summed E-state index contributed by atoms with van der Waals surface area (Å²) < 4.78 is 31.5. The van der Waals surface area contributed by atoms with Crippen molar-refractivity contribution in [1.29, 1.82) is 0 Å². The molecule has 5 nitrogen and oxygen atoms in total. The van der Waals surface area contributed by atoms with Crippen LogP contribution in [0.3, 0.4) is 0 Å². The first-order chi connectivity index (χ1) is 12.5. The minimum atomic E-state index is -0.746. The van der Waals surface area contributed by atoms with E-state index in [0.29, 0.717) is 11.5 Å². The molecule has 0 atom stereocenters. The van der Waals surface area contributed by atoms with Crippen molar-refractivity contribution in [3.63, 3.8) is 0 Å². The molecule has 0 saturated heterocycles. The van der Waals surface area contributed by atoms with Crippen molar-refractivity contribution in [2.24, 2.45) is 0 Å². The summed E-state index contributed by atoms with van der Waals surface area (Å²) in [6.45, 7) is 0.219. The van der Waals surface area contributed by atoms with Crippen LogP contribution in [-0.2, 0) is 6.54 Å². The Balaban J connectivity index is 1.65. The summed E-state index contributed by atoms with van der Waals surface area (Å²) in [4.78, 5) is 15.6. The van der Waals surface area contributed by atoms with Gasteiger partial charge in [-0.1, -0.05) is 12.1 Å². The van der Waals surface area contributed by atoms with Gasteiger partial charge in [-0.15, -0.1) is 0 Å². The molecule has 26 heavy (non-hydrogen) atoms. The van der Waals surface area contributed by atoms with Crippen LogP contribution in [0.2, 0.25) is 0 Å². The minimum Gasteiger partial charge on any atom is -0.457 e. The number of nitrogen functional groups attached to an aromatic ring is 1. The number of hydrogen-bond acceptors (Lipinski definition) is 4. The van der Waals surface area contributed by atoms with Crippen LogP contribution in [0.4, 0.5) is 14.6 Å². The first-order valence-corrected chi connectivity index (χ1v) is 7.74. The zero-order valence-electron chi connectivity index (χ0n) is 13.6. The summed E-state index contributed by atoms with van der Waals surface area (Å²) in [5.74, 6) is -0.673. The molecule has 1 heterocycles. The zero-order valence-corrected chi connectivity index (χ0v) is 13.6. The van der Waals surface area contributed by atoms with Gasteiger partial charge < -0.3 is 15.8 Å². The number of nitrogens with zero attached hydrogens (tertiary/aromatic N) is 1. The molecule has 0 aliphatic rings. The van der Waals surface area contributed by atoms with E-state index in [1.54, 1.807) is 18.2 Å². The third-order valence-corrected chi connectivity index (χ3v) is 3.54. The second-order valence-corrected chi connectivity index (χ2v) is 5.45. The molecule has 3 N–H and O–H groups in total. The number of carbonyl (C=O) groups excluding carboxylic acids is 1. The Bertz CT molecular complexity index is 930. The van der Waals surface area contributed by atoms with Crippen LogP contribution < -0.4 is 15.8 Å². The highest BCUT2D eigenvalue weighted by molar-refractivity contribution is 5.98. The lowest BCUT2D eigenvalue weighted by molar-refractivity contribution is 0.0951. The molecular weight excluding hydrogens is 340 g/mol. The van der Waals surface area contributed by atoms with Crippen LogP contribution >= 0.6 is 0 Å². The average Bonchev–Trinajstić information content (AvgIpc) is 2.62. The second-order valence-electron chi connectivity index (χ2n) is 5.45. The molecular formula is C19H15F2N3O2. The van der Waals surface area contributed by atoms with Gasteiger partial charge in [-0.25, -0.2) is 9.37 Å². The quantitative estimate of drug-likeness (QED) is 0.685. The molecule has 132 valence electrons. The van der Waals surface area contributed by atoms with Gasteiger partial charge in [0.15, 0.2) is 0 Å². The molecule has 0 aliphatic carbocycles. The summed E-state index contributed by atoms with van der Waals surface area (Å²) in [5.41, 5.74) is 6.44. The highest BCUT2D eigenvalue weighted by Gasteiger charge is 2.11. The SMILES string of the molecule is Nc1nc(F)ccc1C(=O)NCc1cccc(Oc2ccc(F)cc2)c1. The number of hydrogen-bond donors (Lipinski definition) is 2. The maximum atomic E-state index is 12.9. The topological polar surface area (TPSA) is 77.2 Å². The van der Waals surface area contributed by atoms with Crippen LogP contribution in [-0.4, -0.2) is 10.9 Å². The van der Waals surface area contributed by atoms with Gasteiger partial charge in [-0.05, 0) is 54.1 Å². The third kappa shape index (κ3) is 4.32. The minimum absolute atomic E-state index is 0.102. The molecule has 3 rings (SSSR count). The Kier molecular flexibility index (Phi) is 5.07. The third-order valence-electron chi connectivity index (χ3n) is 3.54. The van der Waals surface area contributed by atoms with Crippen molar-refractivity contribution in [3.05, 3.63) is 83.6 Å². The van der Waals surface area contributed by atoms with Gasteiger partial charge in [0.1, 0.15) is 23.1 Å². The number of ether oxygens (including phenoxy) is 1. The average molecular weight is 355 g/mol. The summed E-state index contributed by atoms with van der Waals surface area (Å²) in [6.07, 6.45) is 0. The van der Waals surface area contributed by atoms with Crippen molar-refractivity contribution in [2.75, 3.05) is 5.73 Å². The predicted octanol–water partition coefficient (Wildman–Crippen LogP) is 3.66. The zero-order chi connectivity index (χ0) is 18.5. The molecule has 1 aromatic heterocycles. The number of nitrogens with one attached hydrogen (secondary N) is 1. The van der Waals surface area contributed by atoms with Gasteiger partial charge in [0.25, 0.3) is 5.91 Å². The molecule has 2 aromatic carbocycles. The van der Waals surface area contributed by atoms with Gasteiger partial charge in [0, 0.05) is 6.54 Å². The molecule has 7 heteroatoms. The van der Waals surface area contributed by atoms with Gasteiger partial charge in [-0.3, -0.25) is 4.79 Å². The van der Waals surface area contributed by atoms with Crippen LogP contribution in [0.25, 0.3) is 0 Å². The van der Waals surface area contributed by atoms with Crippen molar-refractivity contribution >= 4 is 11.7 Å². The van der Waals surface area contributed by atoms with Gasteiger partial charge in [0.05, 0.1) is 5.56 Å². The lowest BCUT2D eigenvalue weighted by Crippen LogP contribution is -2.24. The largest absolute Gasteiger partial charge is 0.457 e. The van der Waals surface area contributed by atoms with Gasteiger partial charge in [-0.2, -0.15) is 4.39 Å². The van der Waals surface area contributed by atoms with Crippen molar-refractivity contribution in [1.82, 2.24) is 10.3 Å². The summed E-state index contributed by atoms with van der Waals surface area (Å²) in [6, 6.07) is 15.1. The maximum absolute atomic E-state index is 12.9. The monoisotopic (exact) mass is 355 g/mol. The summed E-state index contributed by atoms with van der Waals surface area (Å²) in [7, 11) is 0. The van der Waals surface area contributed by atoms with E-state index < -0.39 is 11.9 Å². The molecule has 0 unspecified atom stereocenters. The number of aromatic nitrogens is 1. The van der Waals surface area contributed by atoms with Crippen molar-refractivity contribution in [3.8, 4) is 11.5 Å². The number of nitrogens with two attached hydrogens (primary N) is 1. The Morgan fingerprint density at radius 3 is 2.54 bits per heavy atom. The van der Waals surface area contributed by atoms with Gasteiger partial charge >= 0.3 is 0 Å². The number of pyridine rings is 1. The molecule has 0 bridgehead atoms. The predicted molar refractivity (Wildman–Crippen MR) is 92.7 cm³/mol. The molecule has 0 fully saturated rings. The lowest BCUT2D eigenvalue weighted by atomic mass is 10.2. The van der Waals surface area contributed by atoms with E-state index >= 15 is 0 Å². The number of anilines is 1. The highest BCUT2D eigenvalue weighted by Crippen LogP contribution is 2.22. The number of benzene rings is 2. The summed E-state index contributed by atoms with van der Waals surface area (Å²) in [5, 5.41) is 2.69. The Morgan fingerprint density at radius 2 is 1.81 bits per heavy atom. The Labute approximate surface area is 148 Å². The van der Waals surface area contributed by atoms with Crippen LogP contribution in [0.1, 0.15) is 15.9 Å². The standard InChI is InChI=1S/C19H15F2N3O2/c20-13-4-6-14(7-5-13)26-15-3-1-2-12(10-15)11-23-19(25)16-8-9-17(21)24-18(16)22/h1-10H,11H2,(H2,22,24)(H,23,25). The Hall–Kier alpha value is -3.48. The first-order valence-electron chi connectivity index (χ1n) is 7.74. The molecule has 3 aromatic rings. The second kappa shape index (κ2) is 7.60. The van der Waals surface area contributed by atoms with Crippen LogP contribution in [0.5, 0.6) is 11.5 Å². The first kappa shape index (κ1) is 17.3. The number of carbonyl (C=O) groups is 1. The van der Waals surface area contributed by atoms with Crippen LogP contribution in [0.15, 0.2) is 60.7 Å². The molecule has 1 amide bonds. The normalized spacial score (nSPS) is 10.4. The lowest BCUT2D eigenvalue weighted by Gasteiger charge is -2.09. The molecule has 0 radical (unpaired) electrons. The molecule has 0 saturated carbocycles. The maximum Gasteiger partial charge on any atom is 0.255 e. The smallest absolute Gasteiger partial charge is 0.255 e. The van der Waals surface area contributed by atoms with E-state index in [1.165, 1.54) is 30.3 Å². The van der Waals surface area contributed by atoms with Crippen molar-refractivity contribution < 1.29 is 18.3 Å². The van der Waals surface area contributed by atoms with E-state index in [1.807, 2.05) is 6.07 Å². The highest BCUT2D eigenvalue weighted by atomic mass is 19.1. The fourth-order valence-corrected chi connectivity index (χ4v) is 2.28. The number of halogens is 2. The fourth-order valence-electron chi connectivity index (χ4n) is 2.28. The number of amides is 1. The number of rotatable bonds is 5. The van der Waals surface area contributed by atoms with Crippen LogP contribution in [0, 0.1) is 11.8 Å². The Morgan fingerprint density at radius 1 is 1.04 bits per heavy atom. The fraction of sp³-hybridized carbons (Fsp3) is 0.0526. The molecule has 0 spiro atoms. The van der Waals surface area contributed by atoms with E-state index in [9.17, 15) is 13.6 Å². The molecule has 0 aliphatic heterocycles. The van der Waals surface area contributed by atoms with E-state index in [0.717, 1.165) is 11.6 Å². The van der Waals surface area contributed by atoms with Crippen molar-refractivity contribution in [2.45, 2.75) is 6.54 Å². The van der Waals surface area contributed by atoms with E-state index in [4.69, 9.17) is 10.5 Å². The van der Waals surface area contributed by atoms with E-state index in [-0.39, 0.29) is 23.7 Å².